The highest BCUT2D eigenvalue weighted by Crippen LogP contribution is 2.31. The fourth-order valence-electron chi connectivity index (χ4n) is 3.25. The number of nitrogens with zero attached hydrogens (tertiary/aromatic N) is 1. The highest BCUT2D eigenvalue weighted by atomic mass is 16.5. The molecule has 0 aliphatic carbocycles. The van der Waals surface area contributed by atoms with Crippen LogP contribution < -0.4 is 15.5 Å². The van der Waals surface area contributed by atoms with Crippen molar-refractivity contribution >= 4 is 35.4 Å². The maximum absolute atomic E-state index is 13.0. The van der Waals surface area contributed by atoms with Crippen LogP contribution in [0.3, 0.4) is 0 Å². The summed E-state index contributed by atoms with van der Waals surface area (Å²) in [5.74, 6) is -2.68. The quantitative estimate of drug-likeness (QED) is 0.548. The Morgan fingerprint density at radius 1 is 1.00 bits per heavy atom. The van der Waals surface area contributed by atoms with Gasteiger partial charge in [-0.25, -0.2) is 14.5 Å². The molecule has 3 rings (SSSR count). The van der Waals surface area contributed by atoms with Gasteiger partial charge in [0.05, 0.1) is 22.4 Å². The van der Waals surface area contributed by atoms with E-state index in [9.17, 15) is 24.0 Å². The third-order valence-electron chi connectivity index (χ3n) is 4.95. The van der Waals surface area contributed by atoms with E-state index in [1.807, 2.05) is 19.1 Å². The molecule has 0 fully saturated rings. The largest absolute Gasteiger partial charge is 0.449 e. The van der Waals surface area contributed by atoms with E-state index in [1.54, 1.807) is 19.9 Å². The Morgan fingerprint density at radius 2 is 1.69 bits per heavy atom. The van der Waals surface area contributed by atoms with E-state index in [4.69, 9.17) is 4.74 Å². The molecule has 0 spiro atoms. The van der Waals surface area contributed by atoms with Crippen molar-refractivity contribution in [1.29, 1.82) is 0 Å². The summed E-state index contributed by atoms with van der Waals surface area (Å²) in [5.41, 5.74) is 2.39. The van der Waals surface area contributed by atoms with Crippen molar-refractivity contribution in [2.24, 2.45) is 0 Å². The first kappa shape index (κ1) is 22.7. The SMILES string of the molecule is CCNC(=O)NC(=O)C(C)OC(=O)c1ccc2c(c1)C(=O)N(c1cc(C)ccc1C)C2=O. The maximum atomic E-state index is 13.0. The third kappa shape index (κ3) is 4.36. The monoisotopic (exact) mass is 437 g/mol. The van der Waals surface area contributed by atoms with Crippen molar-refractivity contribution in [1.82, 2.24) is 10.6 Å². The van der Waals surface area contributed by atoms with Gasteiger partial charge in [0.25, 0.3) is 17.7 Å². The van der Waals surface area contributed by atoms with Crippen molar-refractivity contribution in [3.05, 3.63) is 64.2 Å². The van der Waals surface area contributed by atoms with Crippen LogP contribution in [0.15, 0.2) is 36.4 Å². The van der Waals surface area contributed by atoms with E-state index in [1.165, 1.54) is 25.1 Å². The number of esters is 1. The number of urea groups is 1. The summed E-state index contributed by atoms with van der Waals surface area (Å²) in [6, 6.07) is 8.77. The topological polar surface area (TPSA) is 122 Å². The molecule has 1 heterocycles. The number of rotatable bonds is 5. The lowest BCUT2D eigenvalue weighted by Crippen LogP contribution is -2.44. The zero-order chi connectivity index (χ0) is 23.6. The van der Waals surface area contributed by atoms with Gasteiger partial charge >= 0.3 is 12.0 Å². The Hall–Kier alpha value is -4.01. The minimum absolute atomic E-state index is 0.00498. The molecule has 2 aromatic rings. The Morgan fingerprint density at radius 3 is 2.38 bits per heavy atom. The van der Waals surface area contributed by atoms with Crippen molar-refractivity contribution < 1.29 is 28.7 Å². The van der Waals surface area contributed by atoms with E-state index < -0.39 is 35.8 Å². The van der Waals surface area contributed by atoms with Gasteiger partial charge in [-0.1, -0.05) is 12.1 Å². The average Bonchev–Trinajstić information content (AvgIpc) is 2.99. The number of ether oxygens (including phenoxy) is 1. The van der Waals surface area contributed by atoms with Crippen molar-refractivity contribution in [3.63, 3.8) is 0 Å². The van der Waals surface area contributed by atoms with Gasteiger partial charge in [0.1, 0.15) is 0 Å². The number of amides is 5. The second kappa shape index (κ2) is 9.01. The number of hydrogen-bond acceptors (Lipinski definition) is 6. The first-order valence-corrected chi connectivity index (χ1v) is 10.0. The molecule has 0 saturated carbocycles. The molecule has 32 heavy (non-hydrogen) atoms. The Bertz CT molecular complexity index is 1140. The maximum Gasteiger partial charge on any atom is 0.338 e. The molecule has 0 saturated heterocycles. The van der Waals surface area contributed by atoms with E-state index in [2.05, 4.69) is 10.6 Å². The van der Waals surface area contributed by atoms with Crippen LogP contribution in [0.4, 0.5) is 10.5 Å². The summed E-state index contributed by atoms with van der Waals surface area (Å²) in [7, 11) is 0. The van der Waals surface area contributed by atoms with E-state index in [-0.39, 0.29) is 16.7 Å². The Balaban J connectivity index is 1.79. The van der Waals surface area contributed by atoms with Gasteiger partial charge in [-0.2, -0.15) is 0 Å². The zero-order valence-electron chi connectivity index (χ0n) is 18.1. The molecule has 1 unspecified atom stereocenters. The van der Waals surface area contributed by atoms with Gasteiger partial charge in [0, 0.05) is 6.54 Å². The summed E-state index contributed by atoms with van der Waals surface area (Å²) >= 11 is 0. The standard InChI is InChI=1S/C23H23N3O6/c1-5-24-23(31)25-19(27)14(4)32-22(30)15-8-9-16-17(11-15)21(29)26(20(16)28)18-10-12(2)6-7-13(18)3/h6-11,14H,5H2,1-4H3,(H2,24,25,27,31). The molecular weight excluding hydrogens is 414 g/mol. The van der Waals surface area contributed by atoms with Crippen LogP contribution in [-0.2, 0) is 9.53 Å². The molecular formula is C23H23N3O6. The smallest absolute Gasteiger partial charge is 0.338 e. The second-order valence-corrected chi connectivity index (χ2v) is 7.39. The number of carbonyl (C=O) groups is 5. The molecule has 9 nitrogen and oxygen atoms in total. The number of nitrogens with one attached hydrogen (secondary N) is 2. The number of benzene rings is 2. The normalized spacial score (nSPS) is 13.4. The first-order valence-electron chi connectivity index (χ1n) is 10.0. The van der Waals surface area contributed by atoms with Crippen LogP contribution >= 0.6 is 0 Å². The molecule has 1 atom stereocenters. The van der Waals surface area contributed by atoms with Crippen LogP contribution in [0.1, 0.15) is 56.0 Å². The number of anilines is 1. The summed E-state index contributed by atoms with van der Waals surface area (Å²) in [6.07, 6.45) is -1.25. The van der Waals surface area contributed by atoms with Crippen LogP contribution in [0.25, 0.3) is 0 Å². The van der Waals surface area contributed by atoms with Crippen LogP contribution in [0.5, 0.6) is 0 Å². The molecule has 166 valence electrons. The van der Waals surface area contributed by atoms with Crippen molar-refractivity contribution in [3.8, 4) is 0 Å². The Labute approximate surface area is 184 Å². The van der Waals surface area contributed by atoms with Crippen molar-refractivity contribution in [2.75, 3.05) is 11.4 Å². The van der Waals surface area contributed by atoms with E-state index >= 15 is 0 Å². The fraction of sp³-hybridized carbons (Fsp3) is 0.261. The van der Waals surface area contributed by atoms with Gasteiger partial charge in [-0.05, 0) is 63.1 Å². The number of imide groups is 2. The number of carbonyl (C=O) groups excluding carboxylic acids is 5. The minimum atomic E-state index is -1.25. The molecule has 2 N–H and O–H groups in total. The fourth-order valence-corrected chi connectivity index (χ4v) is 3.25. The zero-order valence-corrected chi connectivity index (χ0v) is 18.1. The highest BCUT2D eigenvalue weighted by Gasteiger charge is 2.38. The van der Waals surface area contributed by atoms with Crippen molar-refractivity contribution in [2.45, 2.75) is 33.8 Å². The lowest BCUT2D eigenvalue weighted by atomic mass is 10.1. The highest BCUT2D eigenvalue weighted by molar-refractivity contribution is 6.35. The molecule has 5 amide bonds. The van der Waals surface area contributed by atoms with Crippen LogP contribution in [-0.4, -0.2) is 42.4 Å². The van der Waals surface area contributed by atoms with Crippen LogP contribution in [0, 0.1) is 13.8 Å². The predicted octanol–water partition coefficient (Wildman–Crippen LogP) is 2.50. The van der Waals surface area contributed by atoms with Gasteiger partial charge in [0.2, 0.25) is 0 Å². The summed E-state index contributed by atoms with van der Waals surface area (Å²) < 4.78 is 5.10. The third-order valence-corrected chi connectivity index (χ3v) is 4.95. The first-order chi connectivity index (χ1) is 15.1. The summed E-state index contributed by atoms with van der Waals surface area (Å²) in [4.78, 5) is 62.9. The lowest BCUT2D eigenvalue weighted by molar-refractivity contribution is -0.127. The van der Waals surface area contributed by atoms with Gasteiger partial charge in [-0.3, -0.25) is 19.7 Å². The Kier molecular flexibility index (Phi) is 6.38. The molecule has 0 radical (unpaired) electrons. The second-order valence-electron chi connectivity index (χ2n) is 7.39. The van der Waals surface area contributed by atoms with E-state index in [0.717, 1.165) is 16.0 Å². The molecule has 0 aromatic heterocycles. The summed E-state index contributed by atoms with van der Waals surface area (Å²) in [5, 5.41) is 4.45. The minimum Gasteiger partial charge on any atom is -0.449 e. The molecule has 0 bridgehead atoms. The predicted molar refractivity (Wildman–Crippen MR) is 116 cm³/mol. The van der Waals surface area contributed by atoms with Gasteiger partial charge in [0.15, 0.2) is 6.10 Å². The number of hydrogen-bond donors (Lipinski definition) is 2. The molecule has 2 aromatic carbocycles. The molecule has 1 aliphatic rings. The van der Waals surface area contributed by atoms with E-state index in [0.29, 0.717) is 12.2 Å². The number of aryl methyl sites for hydroxylation is 2. The molecule has 1 aliphatic heterocycles. The van der Waals surface area contributed by atoms with Crippen LogP contribution in [0.2, 0.25) is 0 Å². The number of fused-ring (bicyclic) bond motifs is 1. The average molecular weight is 437 g/mol. The molecule has 9 heteroatoms. The van der Waals surface area contributed by atoms with Gasteiger partial charge < -0.3 is 10.1 Å². The summed E-state index contributed by atoms with van der Waals surface area (Å²) in [6.45, 7) is 6.99. The van der Waals surface area contributed by atoms with Gasteiger partial charge in [-0.15, -0.1) is 0 Å². The lowest BCUT2D eigenvalue weighted by Gasteiger charge is -2.17.